The van der Waals surface area contributed by atoms with Gasteiger partial charge in [0.2, 0.25) is 5.88 Å². The molecule has 9 heteroatoms. The molecule has 3 aromatic carbocycles. The Morgan fingerprint density at radius 1 is 0.943 bits per heavy atom. The molecular formula is C26H20ClF2N5O. The van der Waals surface area contributed by atoms with Crippen molar-refractivity contribution in [2.75, 3.05) is 6.54 Å². The average Bonchev–Trinajstić information content (AvgIpc) is 3.29. The maximum Gasteiger partial charge on any atom is 0.267 e. The third-order valence-corrected chi connectivity index (χ3v) is 6.56. The molecule has 1 aliphatic heterocycles. The number of fused-ring (bicyclic) bond motifs is 3. The Labute approximate surface area is 204 Å². The van der Waals surface area contributed by atoms with Gasteiger partial charge in [0.1, 0.15) is 5.75 Å². The van der Waals surface area contributed by atoms with Crippen LogP contribution in [0.5, 0.6) is 11.6 Å². The van der Waals surface area contributed by atoms with E-state index >= 15 is 0 Å². The summed E-state index contributed by atoms with van der Waals surface area (Å²) in [5.41, 5.74) is 1.79. The molecule has 176 valence electrons. The van der Waals surface area contributed by atoms with Crippen LogP contribution in [-0.2, 0) is 0 Å². The van der Waals surface area contributed by atoms with Crippen molar-refractivity contribution in [1.29, 1.82) is 0 Å². The first kappa shape index (κ1) is 21.9. The largest absolute Gasteiger partial charge is 0.437 e. The highest BCUT2D eigenvalue weighted by Crippen LogP contribution is 2.39. The molecule has 1 aliphatic rings. The summed E-state index contributed by atoms with van der Waals surface area (Å²) in [6, 6.07) is 20.6. The van der Waals surface area contributed by atoms with Gasteiger partial charge < -0.3 is 10.1 Å². The van der Waals surface area contributed by atoms with E-state index < -0.39 is 12.0 Å². The van der Waals surface area contributed by atoms with Crippen LogP contribution in [0.3, 0.4) is 0 Å². The van der Waals surface area contributed by atoms with Crippen LogP contribution < -0.4 is 10.1 Å². The van der Waals surface area contributed by atoms with Crippen molar-refractivity contribution in [2.24, 2.45) is 0 Å². The van der Waals surface area contributed by atoms with Crippen LogP contribution in [0.1, 0.15) is 24.4 Å². The summed E-state index contributed by atoms with van der Waals surface area (Å²) in [4.78, 5) is 0. The number of aromatic nitrogens is 4. The summed E-state index contributed by atoms with van der Waals surface area (Å²) >= 11 is 6.40. The van der Waals surface area contributed by atoms with Crippen molar-refractivity contribution in [3.63, 3.8) is 0 Å². The fraction of sp³-hybridized carbons (Fsp3) is 0.192. The highest BCUT2D eigenvalue weighted by atomic mass is 35.5. The Morgan fingerprint density at radius 2 is 1.69 bits per heavy atom. The maximum atomic E-state index is 14.4. The maximum absolute atomic E-state index is 14.4. The smallest absolute Gasteiger partial charge is 0.267 e. The number of nitrogens with zero attached hydrogens (tertiary/aromatic N) is 4. The summed E-state index contributed by atoms with van der Waals surface area (Å²) in [6.45, 7) is 0.571. The summed E-state index contributed by atoms with van der Waals surface area (Å²) in [5.74, 6) is -1.47. The normalized spacial score (nSPS) is 17.6. The molecule has 1 saturated heterocycles. The molecule has 6 rings (SSSR count). The third-order valence-electron chi connectivity index (χ3n) is 6.23. The van der Waals surface area contributed by atoms with Crippen LogP contribution in [0.2, 0.25) is 5.02 Å². The predicted octanol–water partition coefficient (Wildman–Crippen LogP) is 6.45. The number of benzene rings is 3. The lowest BCUT2D eigenvalue weighted by Crippen LogP contribution is -2.42. The Kier molecular flexibility index (Phi) is 5.35. The third kappa shape index (κ3) is 3.88. The van der Waals surface area contributed by atoms with Gasteiger partial charge in [-0.1, -0.05) is 54.1 Å². The first-order valence-electron chi connectivity index (χ1n) is 11.3. The number of rotatable bonds is 4. The van der Waals surface area contributed by atoms with Gasteiger partial charge in [0.05, 0.1) is 11.1 Å². The van der Waals surface area contributed by atoms with E-state index in [-0.39, 0.29) is 6.42 Å². The van der Waals surface area contributed by atoms with E-state index in [1.807, 2.05) is 42.5 Å². The molecule has 1 N–H and O–H groups in total. The molecule has 0 saturated carbocycles. The number of nitrogens with one attached hydrogen (secondary N) is 1. The molecular weight excluding hydrogens is 472 g/mol. The summed E-state index contributed by atoms with van der Waals surface area (Å²) in [6.07, 6.45) is 0.344. The van der Waals surface area contributed by atoms with Gasteiger partial charge in [-0.05, 0) is 48.9 Å². The van der Waals surface area contributed by atoms with Crippen molar-refractivity contribution in [3.8, 4) is 23.0 Å². The molecule has 35 heavy (non-hydrogen) atoms. The van der Waals surface area contributed by atoms with Crippen molar-refractivity contribution >= 4 is 28.0 Å². The van der Waals surface area contributed by atoms with Crippen molar-refractivity contribution in [1.82, 2.24) is 25.1 Å². The van der Waals surface area contributed by atoms with Gasteiger partial charge in [-0.2, -0.15) is 4.52 Å². The van der Waals surface area contributed by atoms with Crippen LogP contribution >= 0.6 is 11.6 Å². The lowest BCUT2D eigenvalue weighted by molar-refractivity contribution is -0.0620. The number of alkyl halides is 2. The van der Waals surface area contributed by atoms with Gasteiger partial charge >= 0.3 is 0 Å². The summed E-state index contributed by atoms with van der Waals surface area (Å²) < 4.78 is 36.5. The van der Waals surface area contributed by atoms with E-state index in [1.165, 1.54) is 0 Å². The first-order chi connectivity index (χ1) is 17.0. The van der Waals surface area contributed by atoms with Crippen LogP contribution in [0.15, 0.2) is 72.8 Å². The fourth-order valence-corrected chi connectivity index (χ4v) is 4.72. The van der Waals surface area contributed by atoms with Crippen LogP contribution in [0.25, 0.3) is 27.8 Å². The Hall–Kier alpha value is -3.62. The average molecular weight is 492 g/mol. The highest BCUT2D eigenvalue weighted by molar-refractivity contribution is 6.33. The quantitative estimate of drug-likeness (QED) is 0.313. The minimum absolute atomic E-state index is 0.119. The minimum Gasteiger partial charge on any atom is -0.437 e. The van der Waals surface area contributed by atoms with E-state index in [0.29, 0.717) is 52.2 Å². The second-order valence-electron chi connectivity index (χ2n) is 8.51. The molecule has 0 aliphatic carbocycles. The highest BCUT2D eigenvalue weighted by Gasteiger charge is 2.42. The summed E-state index contributed by atoms with van der Waals surface area (Å²) in [5, 5.41) is 18.4. The number of halogens is 3. The van der Waals surface area contributed by atoms with E-state index in [9.17, 15) is 8.78 Å². The second-order valence-corrected chi connectivity index (χ2v) is 8.92. The molecule has 3 heterocycles. The van der Waals surface area contributed by atoms with Gasteiger partial charge in [-0.15, -0.1) is 15.3 Å². The SMILES string of the molecule is FC1(F)CCCNC1c1ccc(Oc2nn3c(-c4ccccc4Cl)nnc3c3ccccc23)cc1. The molecule has 0 amide bonds. The lowest BCUT2D eigenvalue weighted by atomic mass is 9.93. The van der Waals surface area contributed by atoms with Crippen LogP contribution in [0.4, 0.5) is 8.78 Å². The van der Waals surface area contributed by atoms with E-state index in [2.05, 4.69) is 20.6 Å². The number of hydrogen-bond acceptors (Lipinski definition) is 5. The van der Waals surface area contributed by atoms with Crippen molar-refractivity contribution < 1.29 is 13.5 Å². The molecule has 5 aromatic rings. The molecule has 0 spiro atoms. The van der Waals surface area contributed by atoms with Gasteiger partial charge in [0, 0.05) is 22.8 Å². The van der Waals surface area contributed by atoms with Gasteiger partial charge in [0.15, 0.2) is 11.5 Å². The zero-order valence-electron chi connectivity index (χ0n) is 18.5. The zero-order chi connectivity index (χ0) is 24.0. The van der Waals surface area contributed by atoms with E-state index in [4.69, 9.17) is 16.3 Å². The molecule has 1 atom stereocenters. The molecule has 1 unspecified atom stereocenters. The Bertz CT molecular complexity index is 1540. The van der Waals surface area contributed by atoms with E-state index in [1.54, 1.807) is 34.8 Å². The second kappa shape index (κ2) is 8.55. The van der Waals surface area contributed by atoms with E-state index in [0.717, 1.165) is 10.8 Å². The fourth-order valence-electron chi connectivity index (χ4n) is 4.50. The number of hydrogen-bond donors (Lipinski definition) is 1. The lowest BCUT2D eigenvalue weighted by Gasteiger charge is -2.32. The standard InChI is InChI=1S/C26H20ClF2N5O/c27-21-9-4-3-8-20(21)24-32-31-23-18-6-1-2-7-19(18)25(33-34(23)24)35-17-12-10-16(11-13-17)22-26(28,29)14-5-15-30-22/h1-4,6-13,22,30H,5,14-15H2. The van der Waals surface area contributed by atoms with Crippen LogP contribution in [0, 0.1) is 0 Å². The monoisotopic (exact) mass is 491 g/mol. The van der Waals surface area contributed by atoms with Crippen molar-refractivity contribution in [3.05, 3.63) is 83.4 Å². The van der Waals surface area contributed by atoms with Crippen LogP contribution in [-0.4, -0.2) is 32.3 Å². The Balaban J connectivity index is 1.41. The molecule has 0 bridgehead atoms. The first-order valence-corrected chi connectivity index (χ1v) is 11.7. The van der Waals surface area contributed by atoms with Gasteiger partial charge in [0.25, 0.3) is 5.92 Å². The number of piperidine rings is 1. The topological polar surface area (TPSA) is 64.3 Å². The summed E-state index contributed by atoms with van der Waals surface area (Å²) in [7, 11) is 0. The Morgan fingerprint density at radius 3 is 2.46 bits per heavy atom. The van der Waals surface area contributed by atoms with Crippen molar-refractivity contribution in [2.45, 2.75) is 24.8 Å². The van der Waals surface area contributed by atoms with Gasteiger partial charge in [-0.3, -0.25) is 0 Å². The molecule has 6 nitrogen and oxygen atoms in total. The molecule has 2 aromatic heterocycles. The number of ether oxygens (including phenoxy) is 1. The zero-order valence-corrected chi connectivity index (χ0v) is 19.2. The van der Waals surface area contributed by atoms with Gasteiger partial charge in [-0.25, -0.2) is 8.78 Å². The minimum atomic E-state index is -2.78. The predicted molar refractivity (Wildman–Crippen MR) is 130 cm³/mol. The molecule has 0 radical (unpaired) electrons. The molecule has 1 fully saturated rings.